The summed E-state index contributed by atoms with van der Waals surface area (Å²) in [6, 6.07) is 9.61. The molecule has 0 aromatic heterocycles. The Hall–Kier alpha value is -1.72. The number of aliphatic hydroxyl groups is 1. The molecule has 1 aliphatic heterocycles. The summed E-state index contributed by atoms with van der Waals surface area (Å²) < 4.78 is 14.5. The zero-order valence-corrected chi connectivity index (χ0v) is 12.7. The van der Waals surface area contributed by atoms with E-state index >= 15 is 0 Å². The molecule has 1 aliphatic rings. The molecule has 1 atom stereocenters. The Morgan fingerprint density at radius 2 is 2.05 bits per heavy atom. The lowest BCUT2D eigenvalue weighted by molar-refractivity contribution is 0.0945. The smallest absolute Gasteiger partial charge is 0.251 e. The molecule has 108 valence electrons. The number of halogens is 2. The highest BCUT2D eigenvalue weighted by Crippen LogP contribution is 2.29. The fraction of sp³-hybridized carbons (Fsp3) is 0.188. The molecule has 0 bridgehead atoms. The fourth-order valence-electron chi connectivity index (χ4n) is 2.50. The minimum atomic E-state index is -1.11. The summed E-state index contributed by atoms with van der Waals surface area (Å²) in [6.07, 6.45) is -0.342. The van der Waals surface area contributed by atoms with E-state index in [9.17, 15) is 14.3 Å². The van der Waals surface area contributed by atoms with Crippen LogP contribution >= 0.6 is 15.9 Å². The number of nitrogens with one attached hydrogen (secondary N) is 1. The second-order valence-electron chi connectivity index (χ2n) is 4.99. The first kappa shape index (κ1) is 14.2. The summed E-state index contributed by atoms with van der Waals surface area (Å²) in [5.41, 5.74) is 2.18. The first-order valence-corrected chi connectivity index (χ1v) is 7.39. The molecule has 0 saturated heterocycles. The zero-order chi connectivity index (χ0) is 15.0. The van der Waals surface area contributed by atoms with Gasteiger partial charge in [0.1, 0.15) is 11.9 Å². The third kappa shape index (κ3) is 2.71. The van der Waals surface area contributed by atoms with Crippen LogP contribution in [0.25, 0.3) is 0 Å². The van der Waals surface area contributed by atoms with Crippen LogP contribution in [0.4, 0.5) is 4.39 Å². The van der Waals surface area contributed by atoms with Gasteiger partial charge in [0.25, 0.3) is 5.91 Å². The predicted molar refractivity (Wildman–Crippen MR) is 80.6 cm³/mol. The van der Waals surface area contributed by atoms with Crippen molar-refractivity contribution in [3.05, 3.63) is 68.9 Å². The highest BCUT2D eigenvalue weighted by atomic mass is 79.9. The molecule has 3 rings (SSSR count). The van der Waals surface area contributed by atoms with Crippen molar-refractivity contribution in [2.75, 3.05) is 6.54 Å². The summed E-state index contributed by atoms with van der Waals surface area (Å²) >= 11 is 3.26. The Morgan fingerprint density at radius 3 is 2.86 bits per heavy atom. The van der Waals surface area contributed by atoms with Gasteiger partial charge in [-0.05, 0) is 41.8 Å². The van der Waals surface area contributed by atoms with Gasteiger partial charge in [0.2, 0.25) is 0 Å². The molecule has 1 unspecified atom stereocenters. The number of fused-ring (bicyclic) bond motifs is 1. The Balaban J connectivity index is 2.02. The maximum atomic E-state index is 13.9. The molecule has 1 heterocycles. The van der Waals surface area contributed by atoms with Gasteiger partial charge in [-0.15, -0.1) is 0 Å². The molecule has 0 aliphatic carbocycles. The van der Waals surface area contributed by atoms with Crippen LogP contribution in [-0.2, 0) is 6.42 Å². The lowest BCUT2D eigenvalue weighted by Crippen LogP contribution is -2.31. The number of hydrogen-bond donors (Lipinski definition) is 2. The number of benzene rings is 2. The van der Waals surface area contributed by atoms with Crippen LogP contribution < -0.4 is 5.32 Å². The minimum absolute atomic E-state index is 0.153. The molecule has 5 heteroatoms. The van der Waals surface area contributed by atoms with Crippen LogP contribution in [-0.4, -0.2) is 17.6 Å². The Kier molecular flexibility index (Phi) is 3.78. The van der Waals surface area contributed by atoms with Crippen molar-refractivity contribution in [2.24, 2.45) is 0 Å². The van der Waals surface area contributed by atoms with E-state index in [1.54, 1.807) is 24.3 Å². The van der Waals surface area contributed by atoms with E-state index in [0.717, 1.165) is 12.0 Å². The van der Waals surface area contributed by atoms with Crippen molar-refractivity contribution in [3.63, 3.8) is 0 Å². The molecular formula is C16H13BrFNO2. The van der Waals surface area contributed by atoms with Crippen LogP contribution in [0.3, 0.4) is 0 Å². The maximum Gasteiger partial charge on any atom is 0.251 e. The number of rotatable bonds is 2. The third-order valence-corrected chi connectivity index (χ3v) is 4.12. The number of aliphatic hydroxyl groups excluding tert-OH is 1. The van der Waals surface area contributed by atoms with Gasteiger partial charge < -0.3 is 10.4 Å². The van der Waals surface area contributed by atoms with E-state index in [2.05, 4.69) is 21.2 Å². The zero-order valence-electron chi connectivity index (χ0n) is 11.1. The van der Waals surface area contributed by atoms with Gasteiger partial charge in [-0.25, -0.2) is 4.39 Å². The topological polar surface area (TPSA) is 49.3 Å². The quantitative estimate of drug-likeness (QED) is 0.875. The first-order valence-electron chi connectivity index (χ1n) is 6.60. The molecule has 1 amide bonds. The van der Waals surface area contributed by atoms with E-state index in [4.69, 9.17) is 0 Å². The third-order valence-electron chi connectivity index (χ3n) is 3.63. The van der Waals surface area contributed by atoms with Crippen molar-refractivity contribution >= 4 is 21.8 Å². The molecular weight excluding hydrogens is 337 g/mol. The number of carbonyl (C=O) groups excluding carboxylic acids is 1. The summed E-state index contributed by atoms with van der Waals surface area (Å²) in [5, 5.41) is 13.2. The Bertz CT molecular complexity index is 717. The van der Waals surface area contributed by atoms with Crippen molar-refractivity contribution in [2.45, 2.75) is 12.5 Å². The van der Waals surface area contributed by atoms with Crippen molar-refractivity contribution in [1.29, 1.82) is 0 Å². The summed E-state index contributed by atoms with van der Waals surface area (Å²) in [6.45, 7) is 0.619. The van der Waals surface area contributed by atoms with Crippen LogP contribution in [0.15, 0.2) is 40.9 Å². The SMILES string of the molecule is O=C1NCCc2ccc(C(O)c3cc(Br)ccc3F)cc21. The lowest BCUT2D eigenvalue weighted by Gasteiger charge is -2.19. The molecule has 2 aromatic carbocycles. The molecule has 2 aromatic rings. The van der Waals surface area contributed by atoms with E-state index in [1.807, 2.05) is 6.07 Å². The molecule has 0 spiro atoms. The van der Waals surface area contributed by atoms with Gasteiger partial charge in [-0.2, -0.15) is 0 Å². The summed E-state index contributed by atoms with van der Waals surface area (Å²) in [7, 11) is 0. The average molecular weight is 350 g/mol. The number of hydrogen-bond acceptors (Lipinski definition) is 2. The standard InChI is InChI=1S/C16H13BrFNO2/c17-11-3-4-14(18)13(8-11)15(20)10-2-1-9-5-6-19-16(21)12(9)7-10/h1-4,7-8,15,20H,5-6H2,(H,19,21). The molecule has 0 saturated carbocycles. The van der Waals surface area contributed by atoms with E-state index in [0.29, 0.717) is 22.1 Å². The van der Waals surface area contributed by atoms with Crippen molar-refractivity contribution in [1.82, 2.24) is 5.32 Å². The number of amides is 1. The highest BCUT2D eigenvalue weighted by molar-refractivity contribution is 9.10. The van der Waals surface area contributed by atoms with Gasteiger partial charge in [-0.3, -0.25) is 4.79 Å². The summed E-state index contributed by atoms with van der Waals surface area (Å²) in [4.78, 5) is 11.8. The fourth-order valence-corrected chi connectivity index (χ4v) is 2.88. The molecule has 0 fully saturated rings. The molecule has 2 N–H and O–H groups in total. The molecule has 3 nitrogen and oxygen atoms in total. The van der Waals surface area contributed by atoms with Gasteiger partial charge in [-0.1, -0.05) is 28.1 Å². The summed E-state index contributed by atoms with van der Waals surface area (Å²) in [5.74, 6) is -0.632. The average Bonchev–Trinajstić information content (AvgIpc) is 2.49. The normalized spacial score (nSPS) is 15.3. The van der Waals surface area contributed by atoms with Gasteiger partial charge in [0.15, 0.2) is 0 Å². The predicted octanol–water partition coefficient (Wildman–Crippen LogP) is 2.96. The van der Waals surface area contributed by atoms with Crippen LogP contribution in [0.2, 0.25) is 0 Å². The second kappa shape index (κ2) is 5.58. The van der Waals surface area contributed by atoms with E-state index in [-0.39, 0.29) is 11.5 Å². The largest absolute Gasteiger partial charge is 0.384 e. The molecule has 0 radical (unpaired) electrons. The maximum absolute atomic E-state index is 13.9. The second-order valence-corrected chi connectivity index (χ2v) is 5.91. The monoisotopic (exact) mass is 349 g/mol. The Morgan fingerprint density at radius 1 is 1.24 bits per heavy atom. The van der Waals surface area contributed by atoms with Gasteiger partial charge in [0, 0.05) is 22.1 Å². The van der Waals surface area contributed by atoms with Crippen LogP contribution in [0, 0.1) is 5.82 Å². The Labute approximate surface area is 129 Å². The number of carbonyl (C=O) groups is 1. The van der Waals surface area contributed by atoms with Crippen LogP contribution in [0.1, 0.15) is 33.2 Å². The highest BCUT2D eigenvalue weighted by Gasteiger charge is 2.21. The lowest BCUT2D eigenvalue weighted by atomic mass is 9.93. The van der Waals surface area contributed by atoms with Crippen molar-refractivity contribution < 1.29 is 14.3 Å². The van der Waals surface area contributed by atoms with E-state index < -0.39 is 11.9 Å². The van der Waals surface area contributed by atoms with Crippen LogP contribution in [0.5, 0.6) is 0 Å². The van der Waals surface area contributed by atoms with Gasteiger partial charge >= 0.3 is 0 Å². The first-order chi connectivity index (χ1) is 10.1. The van der Waals surface area contributed by atoms with Crippen molar-refractivity contribution in [3.8, 4) is 0 Å². The minimum Gasteiger partial charge on any atom is -0.384 e. The molecule has 21 heavy (non-hydrogen) atoms. The van der Waals surface area contributed by atoms with E-state index in [1.165, 1.54) is 6.07 Å². The van der Waals surface area contributed by atoms with Gasteiger partial charge in [0.05, 0.1) is 0 Å².